The molecule has 1 nitrogen and oxygen atoms in total. The second-order valence-electron chi connectivity index (χ2n) is 2.12. The van der Waals surface area contributed by atoms with Crippen LogP contribution in [-0.4, -0.2) is 17.7 Å². The molecule has 0 saturated carbocycles. The van der Waals surface area contributed by atoms with Gasteiger partial charge in [0.15, 0.2) is 0 Å². The van der Waals surface area contributed by atoms with E-state index in [2.05, 4.69) is 0 Å². The topological polar surface area (TPSA) is 23.8 Å². The van der Waals surface area contributed by atoms with Crippen molar-refractivity contribution >= 4 is 11.8 Å². The molecular weight excluding hydrogens is 137 g/mol. The van der Waals surface area contributed by atoms with E-state index in [9.17, 15) is 4.39 Å². The average Bonchev–Trinajstić information content (AvgIpc) is 1.89. The first-order valence-corrected chi connectivity index (χ1v) is 4.11. The lowest BCUT2D eigenvalue weighted by atomic mass is 10.0. The molecule has 0 bridgehead atoms. The van der Waals surface area contributed by atoms with E-state index < -0.39 is 6.17 Å². The van der Waals surface area contributed by atoms with E-state index in [4.69, 9.17) is 5.26 Å². The normalized spacial score (nSPS) is 35.6. The fourth-order valence-corrected chi connectivity index (χ4v) is 1.89. The van der Waals surface area contributed by atoms with Crippen molar-refractivity contribution in [3.05, 3.63) is 0 Å². The highest BCUT2D eigenvalue weighted by Gasteiger charge is 2.24. The van der Waals surface area contributed by atoms with Crippen LogP contribution in [-0.2, 0) is 0 Å². The van der Waals surface area contributed by atoms with Gasteiger partial charge in [0.25, 0.3) is 0 Å². The molecule has 9 heavy (non-hydrogen) atoms. The van der Waals surface area contributed by atoms with Gasteiger partial charge in [-0.15, -0.1) is 0 Å². The molecule has 1 aliphatic rings. The second kappa shape index (κ2) is 3.07. The zero-order valence-corrected chi connectivity index (χ0v) is 5.83. The van der Waals surface area contributed by atoms with Crippen LogP contribution >= 0.6 is 11.8 Å². The van der Waals surface area contributed by atoms with Crippen LogP contribution in [0, 0.1) is 17.2 Å². The molecule has 1 saturated heterocycles. The van der Waals surface area contributed by atoms with Crippen LogP contribution in [0.2, 0.25) is 0 Å². The lowest BCUT2D eigenvalue weighted by molar-refractivity contribution is 0.287. The Bertz CT molecular complexity index is 132. The van der Waals surface area contributed by atoms with E-state index in [1.807, 2.05) is 6.07 Å². The maximum absolute atomic E-state index is 12.6. The van der Waals surface area contributed by atoms with Crippen LogP contribution in [0.1, 0.15) is 6.42 Å². The van der Waals surface area contributed by atoms with Gasteiger partial charge >= 0.3 is 0 Å². The fraction of sp³-hybridized carbons (Fsp3) is 0.833. The van der Waals surface area contributed by atoms with Gasteiger partial charge in [-0.25, -0.2) is 4.39 Å². The van der Waals surface area contributed by atoms with Gasteiger partial charge in [-0.2, -0.15) is 17.0 Å². The van der Waals surface area contributed by atoms with Crippen LogP contribution in [0.5, 0.6) is 0 Å². The van der Waals surface area contributed by atoms with Gasteiger partial charge in [-0.3, -0.25) is 0 Å². The van der Waals surface area contributed by atoms with Crippen molar-refractivity contribution in [2.45, 2.75) is 12.6 Å². The smallest absolute Gasteiger partial charge is 0.125 e. The summed E-state index contributed by atoms with van der Waals surface area (Å²) in [5.41, 5.74) is 0. The van der Waals surface area contributed by atoms with Crippen molar-refractivity contribution in [1.82, 2.24) is 0 Å². The van der Waals surface area contributed by atoms with Gasteiger partial charge in [0, 0.05) is 5.75 Å². The predicted octanol–water partition coefficient (Wildman–Crippen LogP) is 1.60. The van der Waals surface area contributed by atoms with E-state index in [0.717, 1.165) is 12.2 Å². The standard InChI is InChI=1S/C6H8FNS/c7-6-4-9-2-1-5(6)3-8/h5-6H,1-2,4H2. The largest absolute Gasteiger partial charge is 0.245 e. The molecule has 1 heterocycles. The minimum Gasteiger partial charge on any atom is -0.245 e. The maximum atomic E-state index is 12.6. The Hall–Kier alpha value is -0.230. The van der Waals surface area contributed by atoms with Crippen LogP contribution in [0.25, 0.3) is 0 Å². The molecule has 0 radical (unpaired) electrons. The number of halogens is 1. The number of alkyl halides is 1. The summed E-state index contributed by atoms with van der Waals surface area (Å²) in [5, 5.41) is 8.36. The molecule has 0 aromatic carbocycles. The molecule has 1 aliphatic heterocycles. The molecule has 3 heteroatoms. The van der Waals surface area contributed by atoms with Crippen LogP contribution < -0.4 is 0 Å². The number of thioether (sulfide) groups is 1. The molecule has 0 amide bonds. The number of hydrogen-bond acceptors (Lipinski definition) is 2. The van der Waals surface area contributed by atoms with E-state index in [0.29, 0.717) is 5.75 Å². The van der Waals surface area contributed by atoms with Crippen LogP contribution in [0.3, 0.4) is 0 Å². The Labute approximate surface area is 58.2 Å². The first-order chi connectivity index (χ1) is 4.34. The summed E-state index contributed by atoms with van der Waals surface area (Å²) in [4.78, 5) is 0. The number of nitrogens with zero attached hydrogens (tertiary/aromatic N) is 1. The van der Waals surface area contributed by atoms with Gasteiger partial charge < -0.3 is 0 Å². The van der Waals surface area contributed by atoms with Gasteiger partial charge in [0.1, 0.15) is 6.17 Å². The summed E-state index contributed by atoms with van der Waals surface area (Å²) < 4.78 is 12.6. The molecule has 0 aromatic rings. The summed E-state index contributed by atoms with van der Waals surface area (Å²) in [7, 11) is 0. The molecule has 0 N–H and O–H groups in total. The Balaban J connectivity index is 2.41. The molecule has 0 aromatic heterocycles. The van der Waals surface area contributed by atoms with Gasteiger partial charge in [-0.1, -0.05) is 0 Å². The minimum atomic E-state index is -0.881. The lowest BCUT2D eigenvalue weighted by Crippen LogP contribution is -2.22. The highest BCUT2D eigenvalue weighted by molar-refractivity contribution is 7.99. The highest BCUT2D eigenvalue weighted by atomic mass is 32.2. The number of nitriles is 1. The molecule has 50 valence electrons. The maximum Gasteiger partial charge on any atom is 0.125 e. The Morgan fingerprint density at radius 2 is 2.44 bits per heavy atom. The molecular formula is C6H8FNS. The zero-order chi connectivity index (χ0) is 6.69. The Morgan fingerprint density at radius 1 is 1.67 bits per heavy atom. The van der Waals surface area contributed by atoms with Crippen molar-refractivity contribution in [2.75, 3.05) is 11.5 Å². The third kappa shape index (κ3) is 1.59. The minimum absolute atomic E-state index is 0.328. The summed E-state index contributed by atoms with van der Waals surface area (Å²) in [6.45, 7) is 0. The Kier molecular flexibility index (Phi) is 2.35. The first kappa shape index (κ1) is 6.88. The summed E-state index contributed by atoms with van der Waals surface area (Å²) in [6.07, 6.45) is -0.156. The molecule has 2 atom stereocenters. The molecule has 0 aliphatic carbocycles. The molecule has 2 unspecified atom stereocenters. The predicted molar refractivity (Wildman–Crippen MR) is 35.9 cm³/mol. The molecule has 1 fully saturated rings. The fourth-order valence-electron chi connectivity index (χ4n) is 0.849. The van der Waals surface area contributed by atoms with E-state index >= 15 is 0 Å². The van der Waals surface area contributed by atoms with E-state index in [-0.39, 0.29) is 5.92 Å². The number of rotatable bonds is 0. The van der Waals surface area contributed by atoms with Crippen LogP contribution in [0.15, 0.2) is 0 Å². The van der Waals surface area contributed by atoms with E-state index in [1.54, 1.807) is 11.8 Å². The Morgan fingerprint density at radius 3 is 2.89 bits per heavy atom. The second-order valence-corrected chi connectivity index (χ2v) is 3.27. The molecule has 0 spiro atoms. The average molecular weight is 145 g/mol. The first-order valence-electron chi connectivity index (χ1n) is 2.96. The summed E-state index contributed by atoms with van der Waals surface area (Å²) >= 11 is 1.60. The SMILES string of the molecule is N#CC1CCSCC1F. The third-order valence-electron chi connectivity index (χ3n) is 1.45. The summed E-state index contributed by atoms with van der Waals surface area (Å²) in [5.74, 6) is 1.13. The van der Waals surface area contributed by atoms with Gasteiger partial charge in [0.05, 0.1) is 12.0 Å². The van der Waals surface area contributed by atoms with Gasteiger partial charge in [-0.05, 0) is 12.2 Å². The zero-order valence-electron chi connectivity index (χ0n) is 5.01. The monoisotopic (exact) mass is 145 g/mol. The highest BCUT2D eigenvalue weighted by Crippen LogP contribution is 2.24. The molecule has 1 rings (SSSR count). The number of hydrogen-bond donors (Lipinski definition) is 0. The van der Waals surface area contributed by atoms with E-state index in [1.165, 1.54) is 0 Å². The van der Waals surface area contributed by atoms with Crippen molar-refractivity contribution in [1.29, 1.82) is 5.26 Å². The quantitative estimate of drug-likeness (QED) is 0.517. The summed E-state index contributed by atoms with van der Waals surface area (Å²) in [6, 6.07) is 1.97. The van der Waals surface area contributed by atoms with Crippen molar-refractivity contribution in [2.24, 2.45) is 5.92 Å². The van der Waals surface area contributed by atoms with Gasteiger partial charge in [0.2, 0.25) is 0 Å². The lowest BCUT2D eigenvalue weighted by Gasteiger charge is -2.18. The van der Waals surface area contributed by atoms with Crippen LogP contribution in [0.4, 0.5) is 4.39 Å². The van der Waals surface area contributed by atoms with Crippen molar-refractivity contribution in [3.8, 4) is 6.07 Å². The van der Waals surface area contributed by atoms with Crippen molar-refractivity contribution in [3.63, 3.8) is 0 Å². The van der Waals surface area contributed by atoms with Crippen molar-refractivity contribution < 1.29 is 4.39 Å². The third-order valence-corrected chi connectivity index (χ3v) is 2.53.